The quantitative estimate of drug-likeness (QED) is 0.106. The number of ether oxygens (including phenoxy) is 2. The van der Waals surface area contributed by atoms with E-state index in [9.17, 15) is 34.2 Å². The van der Waals surface area contributed by atoms with Gasteiger partial charge in [0.05, 0.1) is 74.0 Å². The third kappa shape index (κ3) is 12.2. The topological polar surface area (TPSA) is 208 Å². The Morgan fingerprint density at radius 3 is 1.71 bits per heavy atom. The smallest absolute Gasteiger partial charge is 0.327 e. The van der Waals surface area contributed by atoms with Gasteiger partial charge in [-0.15, -0.1) is 0 Å². The summed E-state index contributed by atoms with van der Waals surface area (Å²) in [6, 6.07) is 22.8. The number of nitrogens with zero attached hydrogens (tertiary/aromatic N) is 7. The molecule has 0 spiro atoms. The first kappa shape index (κ1) is 41.5. The monoisotopic (exact) mass is 794 g/mol. The molecule has 3 aromatic heterocycles. The van der Waals surface area contributed by atoms with E-state index in [1.807, 2.05) is 72.8 Å². The second-order valence-electron chi connectivity index (χ2n) is 14.1. The summed E-state index contributed by atoms with van der Waals surface area (Å²) in [7, 11) is 1.61. The summed E-state index contributed by atoms with van der Waals surface area (Å²) in [4.78, 5) is 81.9. The Kier molecular flexibility index (Phi) is 14.2. The number of carboxylic acid groups (broad SMARTS) is 2. The van der Waals surface area contributed by atoms with E-state index in [1.54, 1.807) is 16.9 Å². The Balaban J connectivity index is 1.26. The third-order valence-electron chi connectivity index (χ3n) is 9.61. The van der Waals surface area contributed by atoms with Gasteiger partial charge in [0.1, 0.15) is 5.75 Å². The average Bonchev–Trinajstić information content (AvgIpc) is 3.19. The number of aliphatic carboxylic acids is 2. The van der Waals surface area contributed by atoms with Gasteiger partial charge < -0.3 is 29.9 Å². The summed E-state index contributed by atoms with van der Waals surface area (Å²) in [6.07, 6.45) is 0.529. The fourth-order valence-electron chi connectivity index (χ4n) is 6.85. The standard InChI is InChI=1S/C41H46N8O9/c1-57-32-11-9-28(10-12-32)29-19-35-33-7-2-5-30(43-33)21-47(24-38(51)52)17-15-46(14-4-13-42-37(50)23-49-26-40(55)58-41(56)27-49)16-18-48(25-39(53)54)22-31-6-3-8-34(44-31)36(20-29)45-35/h2-3,5-12,19-20H,4,13-18,21-27H2,1H3,(H,42,50)(H,51,52)(H,53,54). The number of fused-ring (bicyclic) bond motifs is 8. The number of amides is 1. The second-order valence-corrected chi connectivity index (χ2v) is 14.1. The largest absolute Gasteiger partial charge is 0.497 e. The molecule has 0 unspecified atom stereocenters. The highest BCUT2D eigenvalue weighted by molar-refractivity contribution is 5.91. The molecule has 6 rings (SSSR count). The normalized spacial score (nSPS) is 16.2. The molecule has 0 aliphatic carbocycles. The van der Waals surface area contributed by atoms with Crippen LogP contribution in [0.2, 0.25) is 0 Å². The molecule has 1 fully saturated rings. The van der Waals surface area contributed by atoms with Crippen molar-refractivity contribution in [2.45, 2.75) is 19.5 Å². The zero-order valence-corrected chi connectivity index (χ0v) is 32.2. The van der Waals surface area contributed by atoms with E-state index < -0.39 is 23.9 Å². The first-order valence-electron chi connectivity index (χ1n) is 18.9. The van der Waals surface area contributed by atoms with Gasteiger partial charge >= 0.3 is 23.9 Å². The summed E-state index contributed by atoms with van der Waals surface area (Å²) >= 11 is 0. The summed E-state index contributed by atoms with van der Waals surface area (Å²) < 4.78 is 9.89. The van der Waals surface area contributed by atoms with Crippen molar-refractivity contribution in [3.05, 3.63) is 84.2 Å². The van der Waals surface area contributed by atoms with Gasteiger partial charge in [0.15, 0.2) is 0 Å². The second kappa shape index (κ2) is 19.8. The number of hydrogen-bond donors (Lipinski definition) is 3. The minimum atomic E-state index is -0.990. The molecule has 5 heterocycles. The van der Waals surface area contributed by atoms with Crippen molar-refractivity contribution in [2.75, 3.05) is 79.1 Å². The van der Waals surface area contributed by atoms with Crippen molar-refractivity contribution in [1.29, 1.82) is 0 Å². The lowest BCUT2D eigenvalue weighted by Crippen LogP contribution is -2.47. The van der Waals surface area contributed by atoms with Crippen LogP contribution >= 0.6 is 0 Å². The predicted molar refractivity (Wildman–Crippen MR) is 210 cm³/mol. The maximum absolute atomic E-state index is 12.6. The molecule has 2 aliphatic rings. The fourth-order valence-corrected chi connectivity index (χ4v) is 6.85. The third-order valence-corrected chi connectivity index (χ3v) is 9.61. The highest BCUT2D eigenvalue weighted by atomic mass is 16.6. The Morgan fingerprint density at radius 2 is 1.19 bits per heavy atom. The maximum Gasteiger partial charge on any atom is 0.327 e. The van der Waals surface area contributed by atoms with E-state index in [4.69, 9.17) is 19.7 Å². The summed E-state index contributed by atoms with van der Waals surface area (Å²) in [5, 5.41) is 22.6. The van der Waals surface area contributed by atoms with E-state index >= 15 is 0 Å². The highest BCUT2D eigenvalue weighted by Crippen LogP contribution is 2.30. The highest BCUT2D eigenvalue weighted by Gasteiger charge is 2.26. The van der Waals surface area contributed by atoms with Crippen molar-refractivity contribution in [3.63, 3.8) is 0 Å². The molecule has 1 saturated heterocycles. The number of rotatable bonds is 12. The zero-order chi connectivity index (χ0) is 41.0. The molecule has 2 aliphatic heterocycles. The molecule has 304 valence electrons. The van der Waals surface area contributed by atoms with Crippen molar-refractivity contribution in [1.82, 2.24) is 39.9 Å². The number of carboxylic acids is 2. The molecule has 1 amide bonds. The lowest BCUT2D eigenvalue weighted by Gasteiger charge is -2.29. The molecule has 17 nitrogen and oxygen atoms in total. The van der Waals surface area contributed by atoms with Crippen molar-refractivity contribution >= 4 is 29.8 Å². The van der Waals surface area contributed by atoms with Crippen LogP contribution in [0.3, 0.4) is 0 Å². The Labute approximate surface area is 335 Å². The van der Waals surface area contributed by atoms with Crippen LogP contribution in [-0.4, -0.2) is 154 Å². The van der Waals surface area contributed by atoms with Gasteiger partial charge in [-0.05, 0) is 72.6 Å². The number of methoxy groups -OCH3 is 1. The van der Waals surface area contributed by atoms with Gasteiger partial charge in [-0.25, -0.2) is 15.0 Å². The number of aromatic nitrogens is 3. The minimum Gasteiger partial charge on any atom is -0.497 e. The average molecular weight is 795 g/mol. The number of cyclic esters (lactones) is 2. The lowest BCUT2D eigenvalue weighted by molar-refractivity contribution is -0.166. The van der Waals surface area contributed by atoms with Gasteiger partial charge in [0, 0.05) is 45.8 Å². The number of hydrogen-bond acceptors (Lipinski definition) is 14. The van der Waals surface area contributed by atoms with Crippen LogP contribution in [0, 0.1) is 0 Å². The number of morpholine rings is 1. The Hall–Kier alpha value is -6.14. The molecule has 1 aromatic carbocycles. The van der Waals surface area contributed by atoms with E-state index in [2.05, 4.69) is 15.0 Å². The van der Waals surface area contributed by atoms with Gasteiger partial charge in [-0.1, -0.05) is 24.3 Å². The van der Waals surface area contributed by atoms with Crippen LogP contribution in [0.4, 0.5) is 0 Å². The van der Waals surface area contributed by atoms with Crippen LogP contribution in [0.25, 0.3) is 33.9 Å². The number of benzene rings is 1. The molecular formula is C41H46N8O9. The summed E-state index contributed by atoms with van der Waals surface area (Å²) in [6.45, 7) is 2.03. The van der Waals surface area contributed by atoms with Crippen LogP contribution < -0.4 is 10.1 Å². The molecule has 4 aromatic rings. The molecule has 0 radical (unpaired) electrons. The predicted octanol–water partition coefficient (Wildman–Crippen LogP) is 1.86. The van der Waals surface area contributed by atoms with Crippen molar-refractivity contribution in [3.8, 4) is 39.7 Å². The van der Waals surface area contributed by atoms with Crippen LogP contribution in [-0.2, 0) is 41.8 Å². The fraction of sp³-hybridized carbons (Fsp3) is 0.366. The van der Waals surface area contributed by atoms with Crippen molar-refractivity contribution < 1.29 is 43.7 Å². The minimum absolute atomic E-state index is 0.131. The molecule has 6 bridgehead atoms. The molecule has 0 atom stereocenters. The van der Waals surface area contributed by atoms with E-state index in [0.717, 1.165) is 16.9 Å². The van der Waals surface area contributed by atoms with Gasteiger partial charge in [-0.2, -0.15) is 0 Å². The number of nitrogens with one attached hydrogen (secondary N) is 1. The van der Waals surface area contributed by atoms with Gasteiger partial charge in [0.2, 0.25) is 5.91 Å². The Bertz CT molecular complexity index is 2010. The maximum atomic E-state index is 12.6. The van der Waals surface area contributed by atoms with Crippen LogP contribution in [0.15, 0.2) is 72.8 Å². The lowest BCUT2D eigenvalue weighted by atomic mass is 10.0. The first-order valence-corrected chi connectivity index (χ1v) is 18.9. The van der Waals surface area contributed by atoms with Gasteiger partial charge in [0.25, 0.3) is 0 Å². The first-order chi connectivity index (χ1) is 28.0. The number of pyridine rings is 3. The molecular weight excluding hydrogens is 748 g/mol. The van der Waals surface area contributed by atoms with Crippen LogP contribution in [0.1, 0.15) is 17.8 Å². The number of esters is 2. The van der Waals surface area contributed by atoms with E-state index in [-0.39, 0.29) is 51.7 Å². The zero-order valence-electron chi connectivity index (χ0n) is 32.2. The van der Waals surface area contributed by atoms with Crippen molar-refractivity contribution in [2.24, 2.45) is 0 Å². The Morgan fingerprint density at radius 1 is 0.655 bits per heavy atom. The molecule has 0 saturated carbocycles. The molecule has 3 N–H and O–H groups in total. The molecule has 17 heteroatoms. The van der Waals surface area contributed by atoms with E-state index in [0.29, 0.717) is 79.9 Å². The van der Waals surface area contributed by atoms with Crippen LogP contribution in [0.5, 0.6) is 5.75 Å². The molecule has 58 heavy (non-hydrogen) atoms. The van der Waals surface area contributed by atoms with E-state index in [1.165, 1.54) is 4.90 Å². The SMILES string of the molecule is COc1ccc(-c2cc3nc(c2)-c2cccc(n2)CN(CC(=O)O)CCN(CCCNC(=O)CN2CC(=O)OC(=O)C2)CCN(CC(=O)O)Cc2cccc-3n2)cc1. The summed E-state index contributed by atoms with van der Waals surface area (Å²) in [5.41, 5.74) is 5.51. The van der Waals surface area contributed by atoms with Gasteiger partial charge in [-0.3, -0.25) is 38.7 Å². The number of carbonyl (C=O) groups excluding carboxylic acids is 3. The summed E-state index contributed by atoms with van der Waals surface area (Å²) in [5.74, 6) is -3.00. The number of carbonyl (C=O) groups is 5.